The molecule has 1 aliphatic heterocycles. The summed E-state index contributed by atoms with van der Waals surface area (Å²) in [5.74, 6) is 0. The number of hydrogen-bond acceptors (Lipinski definition) is 2. The lowest BCUT2D eigenvalue weighted by Crippen LogP contribution is -2.56. The average Bonchev–Trinajstić information content (AvgIpc) is 2.34. The van der Waals surface area contributed by atoms with E-state index in [4.69, 9.17) is 0 Å². The summed E-state index contributed by atoms with van der Waals surface area (Å²) >= 11 is 0. The maximum Gasteiger partial charge on any atom is 0.0342 e. The van der Waals surface area contributed by atoms with Gasteiger partial charge in [0.05, 0.1) is 0 Å². The molecule has 0 radical (unpaired) electrons. The van der Waals surface area contributed by atoms with Crippen molar-refractivity contribution in [3.05, 3.63) is 48.0 Å². The minimum Gasteiger partial charge on any atom is -0.314 e. The van der Waals surface area contributed by atoms with Crippen LogP contribution in [0.5, 0.6) is 0 Å². The summed E-state index contributed by atoms with van der Waals surface area (Å²) in [5.41, 5.74) is 1.44. The van der Waals surface area contributed by atoms with Gasteiger partial charge in [-0.1, -0.05) is 42.5 Å². The summed E-state index contributed by atoms with van der Waals surface area (Å²) in [4.78, 5) is 2.46. The minimum absolute atomic E-state index is 0.741. The molecule has 2 heteroatoms. The molecule has 0 unspecified atom stereocenters. The van der Waals surface area contributed by atoms with Crippen molar-refractivity contribution in [2.45, 2.75) is 12.5 Å². The molecule has 1 N–H and O–H groups in total. The van der Waals surface area contributed by atoms with E-state index in [-0.39, 0.29) is 0 Å². The van der Waals surface area contributed by atoms with Crippen LogP contribution >= 0.6 is 0 Å². The standard InChI is InChI=1S/C16H20N2/c1-18(16-11-17-12-16)9-8-13-6-7-14-4-2-3-5-15(14)10-13/h2-7,10,16-17H,8-9,11-12H2,1H3. The summed E-state index contributed by atoms with van der Waals surface area (Å²) in [5, 5.41) is 6.00. The van der Waals surface area contributed by atoms with E-state index in [1.807, 2.05) is 0 Å². The zero-order valence-electron chi connectivity index (χ0n) is 10.9. The van der Waals surface area contributed by atoms with E-state index < -0.39 is 0 Å². The lowest BCUT2D eigenvalue weighted by Gasteiger charge is -2.35. The SMILES string of the molecule is CN(CCc1ccc2ccccc2c1)C1CNC1. The fourth-order valence-electron chi connectivity index (χ4n) is 2.47. The molecule has 0 aliphatic carbocycles. The summed E-state index contributed by atoms with van der Waals surface area (Å²) in [7, 11) is 2.23. The Hall–Kier alpha value is -1.38. The second kappa shape index (κ2) is 5.09. The molecule has 2 nitrogen and oxygen atoms in total. The van der Waals surface area contributed by atoms with Crippen LogP contribution in [0.1, 0.15) is 5.56 Å². The van der Waals surface area contributed by atoms with Gasteiger partial charge in [0.2, 0.25) is 0 Å². The van der Waals surface area contributed by atoms with Crippen molar-refractivity contribution in [3.63, 3.8) is 0 Å². The van der Waals surface area contributed by atoms with Gasteiger partial charge in [0.1, 0.15) is 0 Å². The van der Waals surface area contributed by atoms with Crippen LogP contribution in [0, 0.1) is 0 Å². The molecule has 0 aromatic heterocycles. The van der Waals surface area contributed by atoms with Crippen molar-refractivity contribution in [3.8, 4) is 0 Å². The van der Waals surface area contributed by atoms with Crippen LogP contribution in [0.25, 0.3) is 10.8 Å². The van der Waals surface area contributed by atoms with Crippen molar-refractivity contribution in [2.24, 2.45) is 0 Å². The molecule has 18 heavy (non-hydrogen) atoms. The number of rotatable bonds is 4. The third-order valence-corrected chi connectivity index (χ3v) is 3.95. The zero-order valence-corrected chi connectivity index (χ0v) is 10.9. The molecular weight excluding hydrogens is 220 g/mol. The van der Waals surface area contributed by atoms with Gasteiger partial charge in [0.25, 0.3) is 0 Å². The van der Waals surface area contributed by atoms with Crippen molar-refractivity contribution in [1.29, 1.82) is 0 Å². The van der Waals surface area contributed by atoms with Gasteiger partial charge in [-0.05, 0) is 29.8 Å². The fraction of sp³-hybridized carbons (Fsp3) is 0.375. The first-order valence-corrected chi connectivity index (χ1v) is 6.71. The fourth-order valence-corrected chi connectivity index (χ4v) is 2.47. The highest BCUT2D eigenvalue weighted by molar-refractivity contribution is 5.82. The van der Waals surface area contributed by atoms with Crippen molar-refractivity contribution in [2.75, 3.05) is 26.7 Å². The van der Waals surface area contributed by atoms with E-state index in [1.165, 1.54) is 16.3 Å². The van der Waals surface area contributed by atoms with E-state index in [0.717, 1.165) is 32.1 Å². The van der Waals surface area contributed by atoms with Crippen LogP contribution in [0.15, 0.2) is 42.5 Å². The van der Waals surface area contributed by atoms with Crippen LogP contribution in [-0.4, -0.2) is 37.6 Å². The summed E-state index contributed by atoms with van der Waals surface area (Å²) in [6.07, 6.45) is 1.14. The Morgan fingerprint density at radius 3 is 2.61 bits per heavy atom. The zero-order chi connectivity index (χ0) is 12.4. The van der Waals surface area contributed by atoms with Gasteiger partial charge in [-0.15, -0.1) is 0 Å². The monoisotopic (exact) mass is 240 g/mol. The molecule has 0 bridgehead atoms. The van der Waals surface area contributed by atoms with Gasteiger partial charge >= 0.3 is 0 Å². The van der Waals surface area contributed by atoms with Crippen molar-refractivity contribution in [1.82, 2.24) is 10.2 Å². The molecule has 1 heterocycles. The third-order valence-electron chi connectivity index (χ3n) is 3.95. The molecule has 0 spiro atoms. The van der Waals surface area contributed by atoms with E-state index >= 15 is 0 Å². The summed E-state index contributed by atoms with van der Waals surface area (Å²) in [6.45, 7) is 3.44. The number of nitrogens with zero attached hydrogens (tertiary/aromatic N) is 1. The minimum atomic E-state index is 0.741. The van der Waals surface area contributed by atoms with Gasteiger partial charge in [0, 0.05) is 25.7 Å². The van der Waals surface area contributed by atoms with Gasteiger partial charge in [-0.25, -0.2) is 0 Å². The first-order chi connectivity index (χ1) is 8.83. The van der Waals surface area contributed by atoms with Gasteiger partial charge < -0.3 is 10.2 Å². The maximum absolute atomic E-state index is 3.32. The highest BCUT2D eigenvalue weighted by atomic mass is 15.2. The number of likely N-dealkylation sites (N-methyl/N-ethyl adjacent to an activating group) is 1. The van der Waals surface area contributed by atoms with E-state index in [0.29, 0.717) is 0 Å². The number of benzene rings is 2. The molecule has 1 fully saturated rings. The highest BCUT2D eigenvalue weighted by Gasteiger charge is 2.20. The summed E-state index contributed by atoms with van der Waals surface area (Å²) in [6, 6.07) is 16.1. The average molecular weight is 240 g/mol. The lowest BCUT2D eigenvalue weighted by atomic mass is 10.0. The van der Waals surface area contributed by atoms with Crippen LogP contribution < -0.4 is 5.32 Å². The van der Waals surface area contributed by atoms with Crippen LogP contribution in [-0.2, 0) is 6.42 Å². The smallest absolute Gasteiger partial charge is 0.0342 e. The second-order valence-corrected chi connectivity index (χ2v) is 5.22. The lowest BCUT2D eigenvalue weighted by molar-refractivity contribution is 0.182. The van der Waals surface area contributed by atoms with Gasteiger partial charge in [-0.2, -0.15) is 0 Å². The third kappa shape index (κ3) is 2.40. The molecule has 2 aromatic rings. The molecule has 0 atom stereocenters. The van der Waals surface area contributed by atoms with Crippen molar-refractivity contribution >= 4 is 10.8 Å². The topological polar surface area (TPSA) is 15.3 Å². The molecule has 94 valence electrons. The molecule has 1 aliphatic rings. The summed E-state index contributed by atoms with van der Waals surface area (Å²) < 4.78 is 0. The predicted molar refractivity (Wildman–Crippen MR) is 76.9 cm³/mol. The quantitative estimate of drug-likeness (QED) is 0.882. The second-order valence-electron chi connectivity index (χ2n) is 5.22. The Morgan fingerprint density at radius 2 is 1.89 bits per heavy atom. The van der Waals surface area contributed by atoms with E-state index in [9.17, 15) is 0 Å². The van der Waals surface area contributed by atoms with Crippen LogP contribution in [0.4, 0.5) is 0 Å². The largest absolute Gasteiger partial charge is 0.314 e. The number of hydrogen-bond donors (Lipinski definition) is 1. The van der Waals surface area contributed by atoms with Gasteiger partial charge in [0.15, 0.2) is 0 Å². The molecule has 3 rings (SSSR count). The predicted octanol–water partition coefficient (Wildman–Crippen LogP) is 2.29. The maximum atomic E-state index is 3.32. The first-order valence-electron chi connectivity index (χ1n) is 6.71. The van der Waals surface area contributed by atoms with Crippen molar-refractivity contribution < 1.29 is 0 Å². The Morgan fingerprint density at radius 1 is 1.11 bits per heavy atom. The first kappa shape index (κ1) is 11.7. The Balaban J connectivity index is 1.66. The Labute approximate surface area is 109 Å². The van der Waals surface area contributed by atoms with Crippen LogP contribution in [0.2, 0.25) is 0 Å². The van der Waals surface area contributed by atoms with Gasteiger partial charge in [-0.3, -0.25) is 0 Å². The van der Waals surface area contributed by atoms with E-state index in [1.54, 1.807) is 0 Å². The number of nitrogens with one attached hydrogen (secondary N) is 1. The molecular formula is C16H20N2. The highest BCUT2D eigenvalue weighted by Crippen LogP contribution is 2.16. The Bertz CT molecular complexity index is 531. The normalized spacial score (nSPS) is 16.1. The van der Waals surface area contributed by atoms with E-state index in [2.05, 4.69) is 59.7 Å². The van der Waals surface area contributed by atoms with Crippen LogP contribution in [0.3, 0.4) is 0 Å². The molecule has 1 saturated heterocycles. The number of fused-ring (bicyclic) bond motifs is 1. The molecule has 0 saturated carbocycles. The molecule has 0 amide bonds. The molecule has 2 aromatic carbocycles. The Kier molecular flexibility index (Phi) is 3.31.